The summed E-state index contributed by atoms with van der Waals surface area (Å²) in [6, 6.07) is 0.337. The average molecular weight is 313 g/mol. The van der Waals surface area contributed by atoms with E-state index in [-0.39, 0.29) is 4.62 Å². The van der Waals surface area contributed by atoms with E-state index in [1.165, 1.54) is 6.33 Å². The van der Waals surface area contributed by atoms with Crippen LogP contribution in [0.15, 0.2) is 6.33 Å². The zero-order valence-electron chi connectivity index (χ0n) is 10.3. The maximum Gasteiger partial charge on any atom is 0.141 e. The van der Waals surface area contributed by atoms with Crippen molar-refractivity contribution >= 4 is 32.2 Å². The van der Waals surface area contributed by atoms with E-state index in [1.54, 1.807) is 0 Å². The van der Waals surface area contributed by atoms with Crippen molar-refractivity contribution in [1.82, 2.24) is 14.9 Å². The van der Waals surface area contributed by atoms with Gasteiger partial charge in [-0.25, -0.2) is 9.97 Å². The van der Waals surface area contributed by atoms with E-state index in [0.717, 1.165) is 25.9 Å². The van der Waals surface area contributed by atoms with Gasteiger partial charge in [-0.2, -0.15) is 0 Å². The molecule has 1 aliphatic rings. The highest BCUT2D eigenvalue weighted by Gasteiger charge is 2.20. The number of nitrogen functional groups attached to an aromatic ring is 1. The van der Waals surface area contributed by atoms with Crippen LogP contribution in [0.5, 0.6) is 0 Å². The zero-order valence-corrected chi connectivity index (χ0v) is 11.9. The molecule has 0 bridgehead atoms. The van der Waals surface area contributed by atoms with Gasteiger partial charge in [-0.1, -0.05) is 0 Å². The van der Waals surface area contributed by atoms with Crippen LogP contribution in [0.25, 0.3) is 0 Å². The van der Waals surface area contributed by atoms with Crippen molar-refractivity contribution in [2.45, 2.75) is 18.9 Å². The Kier molecular flexibility index (Phi) is 4.13. The van der Waals surface area contributed by atoms with Crippen LogP contribution >= 0.6 is 15.9 Å². The molecule has 18 heavy (non-hydrogen) atoms. The van der Waals surface area contributed by atoms with Crippen molar-refractivity contribution in [3.8, 4) is 0 Å². The molecule has 0 aromatic carbocycles. The molecule has 6 nitrogen and oxygen atoms in total. The lowest BCUT2D eigenvalue weighted by atomic mass is 10.1. The van der Waals surface area contributed by atoms with E-state index >= 15 is 0 Å². The highest BCUT2D eigenvalue weighted by molar-refractivity contribution is 9.18. The minimum absolute atomic E-state index is 0.201. The summed E-state index contributed by atoms with van der Waals surface area (Å²) in [6.45, 7) is 2.10. The van der Waals surface area contributed by atoms with Crippen LogP contribution in [-0.2, 0) is 0 Å². The normalized spacial score (nSPS) is 20.7. The molecule has 1 unspecified atom stereocenters. The number of aromatic nitrogens is 2. The summed E-state index contributed by atoms with van der Waals surface area (Å²) in [6.07, 6.45) is 3.68. The SMILES string of the molecule is CN1CCCC(Nc2ncnc(N)c2C(=N)Br)C1. The quantitative estimate of drug-likeness (QED) is 0.731. The molecule has 1 saturated heterocycles. The fourth-order valence-electron chi connectivity index (χ4n) is 2.20. The fourth-order valence-corrected chi connectivity index (χ4v) is 2.59. The summed E-state index contributed by atoms with van der Waals surface area (Å²) in [5, 5.41) is 11.0. The van der Waals surface area contributed by atoms with E-state index in [2.05, 4.69) is 43.2 Å². The van der Waals surface area contributed by atoms with Crippen molar-refractivity contribution in [3.63, 3.8) is 0 Å². The number of piperidine rings is 1. The number of nitrogens with two attached hydrogens (primary N) is 1. The number of nitrogens with zero attached hydrogens (tertiary/aromatic N) is 3. The summed E-state index contributed by atoms with van der Waals surface area (Å²) in [4.78, 5) is 10.4. The van der Waals surface area contributed by atoms with E-state index in [9.17, 15) is 0 Å². The van der Waals surface area contributed by atoms with Crippen molar-refractivity contribution in [1.29, 1.82) is 5.41 Å². The van der Waals surface area contributed by atoms with Crippen LogP contribution < -0.4 is 11.1 Å². The molecule has 0 amide bonds. The first-order chi connectivity index (χ1) is 8.58. The van der Waals surface area contributed by atoms with Crippen LogP contribution in [0.1, 0.15) is 18.4 Å². The molecule has 98 valence electrons. The molecule has 2 rings (SSSR count). The Labute approximate surface area is 115 Å². The standard InChI is InChI=1S/C11H17BrN6/c1-18-4-2-3-7(5-18)17-11-8(9(12)13)10(14)15-6-16-11/h6-7,13H,2-5H2,1H3,(H3,14,15,16,17). The van der Waals surface area contributed by atoms with Gasteiger partial charge in [-0.05, 0) is 42.4 Å². The molecule has 1 aromatic rings. The highest BCUT2D eigenvalue weighted by Crippen LogP contribution is 2.22. The molecular formula is C11H17BrN6. The topological polar surface area (TPSA) is 90.9 Å². The maximum atomic E-state index is 7.68. The Morgan fingerprint density at radius 3 is 3.06 bits per heavy atom. The molecule has 0 aliphatic carbocycles. The lowest BCUT2D eigenvalue weighted by molar-refractivity contribution is 0.260. The van der Waals surface area contributed by atoms with Gasteiger partial charge in [0.1, 0.15) is 22.6 Å². The van der Waals surface area contributed by atoms with Crippen molar-refractivity contribution in [2.75, 3.05) is 31.2 Å². The number of hydrogen-bond acceptors (Lipinski definition) is 6. The number of rotatable bonds is 3. The Hall–Kier alpha value is -1.21. The molecule has 1 aliphatic heterocycles. The van der Waals surface area contributed by atoms with Gasteiger partial charge in [0.2, 0.25) is 0 Å². The second kappa shape index (κ2) is 5.62. The largest absolute Gasteiger partial charge is 0.383 e. The van der Waals surface area contributed by atoms with Gasteiger partial charge in [0.25, 0.3) is 0 Å². The number of likely N-dealkylation sites (tertiary alicyclic amines) is 1. The number of halogens is 1. The minimum atomic E-state index is 0.201. The molecule has 2 heterocycles. The maximum absolute atomic E-state index is 7.68. The van der Waals surface area contributed by atoms with Gasteiger partial charge >= 0.3 is 0 Å². The smallest absolute Gasteiger partial charge is 0.141 e. The summed E-state index contributed by atoms with van der Waals surface area (Å²) in [7, 11) is 2.11. The minimum Gasteiger partial charge on any atom is -0.383 e. The van der Waals surface area contributed by atoms with Crippen LogP contribution in [0.4, 0.5) is 11.6 Å². The molecular weight excluding hydrogens is 296 g/mol. The Morgan fingerprint density at radius 2 is 2.39 bits per heavy atom. The molecule has 1 aromatic heterocycles. The Balaban J connectivity index is 2.18. The third-order valence-electron chi connectivity index (χ3n) is 3.06. The number of likely N-dealkylation sites (N-methyl/N-ethyl adjacent to an activating group) is 1. The summed E-state index contributed by atoms with van der Waals surface area (Å²) in [5.74, 6) is 0.947. The van der Waals surface area contributed by atoms with E-state index < -0.39 is 0 Å². The average Bonchev–Trinajstić information content (AvgIpc) is 2.28. The predicted octanol–water partition coefficient (Wildman–Crippen LogP) is 1.29. The van der Waals surface area contributed by atoms with Crippen LogP contribution in [0.3, 0.4) is 0 Å². The molecule has 4 N–H and O–H groups in total. The summed E-state index contributed by atoms with van der Waals surface area (Å²) in [5.41, 5.74) is 6.32. The molecule has 7 heteroatoms. The molecule has 0 spiro atoms. The number of hydrogen-bond donors (Lipinski definition) is 3. The van der Waals surface area contributed by atoms with Crippen molar-refractivity contribution < 1.29 is 0 Å². The van der Waals surface area contributed by atoms with Gasteiger partial charge < -0.3 is 16.0 Å². The Morgan fingerprint density at radius 1 is 1.61 bits per heavy atom. The molecule has 0 radical (unpaired) electrons. The second-order valence-electron chi connectivity index (χ2n) is 4.54. The number of nitrogens with one attached hydrogen (secondary N) is 2. The third kappa shape index (κ3) is 2.97. The van der Waals surface area contributed by atoms with Gasteiger partial charge in [0.05, 0.1) is 5.56 Å². The van der Waals surface area contributed by atoms with E-state index in [4.69, 9.17) is 11.1 Å². The molecule has 1 atom stereocenters. The van der Waals surface area contributed by atoms with E-state index in [0.29, 0.717) is 23.2 Å². The third-order valence-corrected chi connectivity index (χ3v) is 3.46. The summed E-state index contributed by atoms with van der Waals surface area (Å²) < 4.78 is 0.201. The van der Waals surface area contributed by atoms with Crippen LogP contribution in [-0.4, -0.2) is 45.7 Å². The first-order valence-corrected chi connectivity index (χ1v) is 6.67. The van der Waals surface area contributed by atoms with Gasteiger partial charge in [0, 0.05) is 12.6 Å². The fraction of sp³-hybridized carbons (Fsp3) is 0.545. The zero-order chi connectivity index (χ0) is 13.1. The van der Waals surface area contributed by atoms with E-state index in [1.807, 2.05) is 0 Å². The predicted molar refractivity (Wildman–Crippen MR) is 76.3 cm³/mol. The first-order valence-electron chi connectivity index (χ1n) is 5.88. The highest BCUT2D eigenvalue weighted by atomic mass is 79.9. The lowest BCUT2D eigenvalue weighted by Gasteiger charge is -2.30. The van der Waals surface area contributed by atoms with Gasteiger partial charge in [-0.3, -0.25) is 5.41 Å². The molecule has 0 saturated carbocycles. The second-order valence-corrected chi connectivity index (χ2v) is 5.34. The summed E-state index contributed by atoms with van der Waals surface area (Å²) >= 11 is 3.13. The lowest BCUT2D eigenvalue weighted by Crippen LogP contribution is -2.40. The van der Waals surface area contributed by atoms with Crippen LogP contribution in [0.2, 0.25) is 0 Å². The van der Waals surface area contributed by atoms with Gasteiger partial charge in [0.15, 0.2) is 0 Å². The van der Waals surface area contributed by atoms with Crippen LogP contribution in [0, 0.1) is 5.41 Å². The number of anilines is 2. The van der Waals surface area contributed by atoms with Gasteiger partial charge in [-0.15, -0.1) is 0 Å². The Bertz CT molecular complexity index is 449. The first kappa shape index (κ1) is 13.2. The van der Waals surface area contributed by atoms with Crippen molar-refractivity contribution in [2.24, 2.45) is 0 Å². The van der Waals surface area contributed by atoms with Crippen molar-refractivity contribution in [3.05, 3.63) is 11.9 Å². The monoisotopic (exact) mass is 312 g/mol. The molecule has 1 fully saturated rings.